The van der Waals surface area contributed by atoms with Crippen LogP contribution in [0.5, 0.6) is 0 Å². The van der Waals surface area contributed by atoms with Crippen molar-refractivity contribution < 1.29 is 14.1 Å². The van der Waals surface area contributed by atoms with Crippen molar-refractivity contribution in [3.05, 3.63) is 75.1 Å². The van der Waals surface area contributed by atoms with E-state index in [1.54, 1.807) is 6.07 Å². The van der Waals surface area contributed by atoms with Crippen LogP contribution in [0, 0.1) is 21.8 Å². The van der Waals surface area contributed by atoms with Gasteiger partial charge in [-0.1, -0.05) is 18.2 Å². The van der Waals surface area contributed by atoms with Gasteiger partial charge < -0.3 is 5.73 Å². The standard InChI is InChI=1S/C20H22FN3O3/c21-18-5-1-14(2-6-18)11-15-7-9-23(10-8-15)13-17-4-3-16(20(22)25)12-19(17)24(26)27/h1-6,12,15H,7-11,13H2,(H2,22,25). The molecule has 0 aliphatic carbocycles. The van der Waals surface area contributed by atoms with Gasteiger partial charge in [0.25, 0.3) is 5.69 Å². The van der Waals surface area contributed by atoms with Crippen LogP contribution in [-0.4, -0.2) is 28.8 Å². The summed E-state index contributed by atoms with van der Waals surface area (Å²) >= 11 is 0. The number of halogens is 1. The SMILES string of the molecule is NC(=O)c1ccc(CN2CCC(Cc3ccc(F)cc3)CC2)c([N+](=O)[O-])c1. The van der Waals surface area contributed by atoms with Crippen LogP contribution in [0.15, 0.2) is 42.5 Å². The van der Waals surface area contributed by atoms with Crippen molar-refractivity contribution >= 4 is 11.6 Å². The Morgan fingerprint density at radius 1 is 1.19 bits per heavy atom. The molecule has 2 aromatic carbocycles. The normalized spacial score (nSPS) is 15.6. The molecule has 0 unspecified atom stereocenters. The van der Waals surface area contributed by atoms with E-state index in [9.17, 15) is 19.3 Å². The van der Waals surface area contributed by atoms with Gasteiger partial charge in [0, 0.05) is 23.7 Å². The molecule has 0 atom stereocenters. The van der Waals surface area contributed by atoms with E-state index in [2.05, 4.69) is 4.90 Å². The number of rotatable bonds is 6. The molecule has 1 fully saturated rings. The average Bonchev–Trinajstić information content (AvgIpc) is 2.65. The zero-order valence-corrected chi connectivity index (χ0v) is 14.9. The first kappa shape index (κ1) is 19.0. The molecule has 1 amide bonds. The molecule has 0 spiro atoms. The van der Waals surface area contributed by atoms with E-state index < -0.39 is 10.8 Å². The van der Waals surface area contributed by atoms with Gasteiger partial charge in [0.1, 0.15) is 5.82 Å². The maximum atomic E-state index is 13.0. The van der Waals surface area contributed by atoms with Crippen molar-refractivity contribution in [2.75, 3.05) is 13.1 Å². The maximum Gasteiger partial charge on any atom is 0.274 e. The molecule has 2 aromatic rings. The van der Waals surface area contributed by atoms with Crippen LogP contribution < -0.4 is 5.73 Å². The highest BCUT2D eigenvalue weighted by Crippen LogP contribution is 2.26. The number of nitro groups is 1. The van der Waals surface area contributed by atoms with Gasteiger partial charge in [-0.15, -0.1) is 0 Å². The molecule has 1 aliphatic heterocycles. The van der Waals surface area contributed by atoms with Crippen LogP contribution in [-0.2, 0) is 13.0 Å². The van der Waals surface area contributed by atoms with Crippen LogP contribution in [0.25, 0.3) is 0 Å². The van der Waals surface area contributed by atoms with Gasteiger partial charge in [-0.3, -0.25) is 19.8 Å². The average molecular weight is 371 g/mol. The van der Waals surface area contributed by atoms with Gasteiger partial charge in [0.05, 0.1) is 4.92 Å². The molecular weight excluding hydrogens is 349 g/mol. The summed E-state index contributed by atoms with van der Waals surface area (Å²) in [7, 11) is 0. The molecule has 6 nitrogen and oxygen atoms in total. The minimum Gasteiger partial charge on any atom is -0.366 e. The molecule has 0 aromatic heterocycles. The number of nitrogens with zero attached hydrogens (tertiary/aromatic N) is 2. The summed E-state index contributed by atoms with van der Waals surface area (Å²) in [4.78, 5) is 24.3. The second kappa shape index (κ2) is 8.26. The highest BCUT2D eigenvalue weighted by atomic mass is 19.1. The van der Waals surface area contributed by atoms with E-state index in [0.29, 0.717) is 18.0 Å². The van der Waals surface area contributed by atoms with Crippen molar-refractivity contribution in [3.8, 4) is 0 Å². The van der Waals surface area contributed by atoms with E-state index in [4.69, 9.17) is 5.73 Å². The van der Waals surface area contributed by atoms with Crippen molar-refractivity contribution in [3.63, 3.8) is 0 Å². The Bertz CT molecular complexity index is 831. The van der Waals surface area contributed by atoms with Gasteiger partial charge in [-0.2, -0.15) is 0 Å². The molecule has 1 heterocycles. The Morgan fingerprint density at radius 3 is 2.44 bits per heavy atom. The number of carbonyl (C=O) groups excluding carboxylic acids is 1. The lowest BCUT2D eigenvalue weighted by Gasteiger charge is -2.32. The molecule has 1 aliphatic rings. The van der Waals surface area contributed by atoms with Crippen LogP contribution in [0.2, 0.25) is 0 Å². The lowest BCUT2D eigenvalue weighted by molar-refractivity contribution is -0.385. The largest absolute Gasteiger partial charge is 0.366 e. The summed E-state index contributed by atoms with van der Waals surface area (Å²) in [6, 6.07) is 11.0. The Kier molecular flexibility index (Phi) is 5.81. The van der Waals surface area contributed by atoms with Crippen molar-refractivity contribution in [2.24, 2.45) is 11.7 Å². The minimum atomic E-state index is -0.675. The number of carbonyl (C=O) groups is 1. The van der Waals surface area contributed by atoms with Gasteiger partial charge in [-0.25, -0.2) is 4.39 Å². The summed E-state index contributed by atoms with van der Waals surface area (Å²) in [6.07, 6.45) is 2.90. The fourth-order valence-corrected chi connectivity index (χ4v) is 3.56. The van der Waals surface area contributed by atoms with Gasteiger partial charge in [0.2, 0.25) is 5.91 Å². The number of hydrogen-bond donors (Lipinski definition) is 1. The Balaban J connectivity index is 1.59. The molecule has 1 saturated heterocycles. The fraction of sp³-hybridized carbons (Fsp3) is 0.350. The highest BCUT2D eigenvalue weighted by Gasteiger charge is 2.23. The van der Waals surface area contributed by atoms with Crippen molar-refractivity contribution in [1.82, 2.24) is 4.90 Å². The quantitative estimate of drug-likeness (QED) is 0.623. The molecule has 0 radical (unpaired) electrons. The summed E-state index contributed by atoms with van der Waals surface area (Å²) in [5, 5.41) is 11.3. The van der Waals surface area contributed by atoms with E-state index in [0.717, 1.165) is 37.9 Å². The topological polar surface area (TPSA) is 89.5 Å². The number of likely N-dealkylation sites (tertiary alicyclic amines) is 1. The Labute approximate surface area is 156 Å². The second-order valence-electron chi connectivity index (χ2n) is 7.01. The molecule has 0 saturated carbocycles. The van der Waals surface area contributed by atoms with Gasteiger partial charge >= 0.3 is 0 Å². The molecule has 2 N–H and O–H groups in total. The lowest BCUT2D eigenvalue weighted by Crippen LogP contribution is -2.34. The van der Waals surface area contributed by atoms with Crippen molar-refractivity contribution in [1.29, 1.82) is 0 Å². The first-order valence-electron chi connectivity index (χ1n) is 8.96. The Hall–Kier alpha value is -2.80. The first-order valence-corrected chi connectivity index (χ1v) is 8.96. The second-order valence-corrected chi connectivity index (χ2v) is 7.01. The first-order chi connectivity index (χ1) is 12.9. The van der Waals surface area contributed by atoms with Crippen LogP contribution in [0.4, 0.5) is 10.1 Å². The monoisotopic (exact) mass is 371 g/mol. The summed E-state index contributed by atoms with van der Waals surface area (Å²) in [6.45, 7) is 2.17. The number of primary amides is 1. The highest BCUT2D eigenvalue weighted by molar-refractivity contribution is 5.93. The minimum absolute atomic E-state index is 0.0697. The van der Waals surface area contributed by atoms with Gasteiger partial charge in [-0.05, 0) is 62.0 Å². The fourth-order valence-electron chi connectivity index (χ4n) is 3.56. The molecule has 3 rings (SSSR count). The molecule has 0 bridgehead atoms. The van der Waals surface area contributed by atoms with E-state index in [-0.39, 0.29) is 17.1 Å². The zero-order valence-electron chi connectivity index (χ0n) is 14.9. The third kappa shape index (κ3) is 4.89. The number of benzene rings is 2. The predicted molar refractivity (Wildman–Crippen MR) is 99.7 cm³/mol. The van der Waals surface area contributed by atoms with Crippen LogP contribution in [0.3, 0.4) is 0 Å². The van der Waals surface area contributed by atoms with Crippen LogP contribution in [0.1, 0.15) is 34.3 Å². The molecule has 142 valence electrons. The number of piperidine rings is 1. The molecule has 27 heavy (non-hydrogen) atoms. The molecule has 7 heteroatoms. The summed E-state index contributed by atoms with van der Waals surface area (Å²) < 4.78 is 13.0. The van der Waals surface area contributed by atoms with Crippen molar-refractivity contribution in [2.45, 2.75) is 25.8 Å². The van der Waals surface area contributed by atoms with Crippen LogP contribution >= 0.6 is 0 Å². The number of nitro benzene ring substituents is 1. The van der Waals surface area contributed by atoms with E-state index in [1.807, 2.05) is 12.1 Å². The van der Waals surface area contributed by atoms with E-state index >= 15 is 0 Å². The third-order valence-electron chi connectivity index (χ3n) is 5.11. The maximum absolute atomic E-state index is 13.0. The molecular formula is C20H22FN3O3. The summed E-state index contributed by atoms with van der Waals surface area (Å²) in [5.74, 6) is -0.372. The summed E-state index contributed by atoms with van der Waals surface area (Å²) in [5.41, 5.74) is 7.00. The number of nitrogens with two attached hydrogens (primary N) is 1. The zero-order chi connectivity index (χ0) is 19.4. The smallest absolute Gasteiger partial charge is 0.274 e. The van der Waals surface area contributed by atoms with E-state index in [1.165, 1.54) is 24.3 Å². The Morgan fingerprint density at radius 2 is 1.85 bits per heavy atom. The number of amides is 1. The predicted octanol–water partition coefficient (Wildman–Crippen LogP) is 3.29. The number of hydrogen-bond acceptors (Lipinski definition) is 4. The third-order valence-corrected chi connectivity index (χ3v) is 5.11. The van der Waals surface area contributed by atoms with Gasteiger partial charge in [0.15, 0.2) is 0 Å². The lowest BCUT2D eigenvalue weighted by atomic mass is 9.90.